The SMILES string of the molecule is C=CCOC(=O)c1cc2c(=O)[nH]c(=O)n(CC3CCCO3)c2nc1C. The third-order valence-corrected chi connectivity index (χ3v) is 4.12. The van der Waals surface area contributed by atoms with E-state index in [-0.39, 0.29) is 29.3 Å². The van der Waals surface area contributed by atoms with Crippen LogP contribution < -0.4 is 11.2 Å². The van der Waals surface area contributed by atoms with Crippen molar-refractivity contribution < 1.29 is 14.3 Å². The summed E-state index contributed by atoms with van der Waals surface area (Å²) in [7, 11) is 0. The van der Waals surface area contributed by atoms with E-state index in [9.17, 15) is 14.4 Å². The van der Waals surface area contributed by atoms with Crippen LogP contribution in [0.3, 0.4) is 0 Å². The summed E-state index contributed by atoms with van der Waals surface area (Å²) in [5.74, 6) is -0.594. The fourth-order valence-electron chi connectivity index (χ4n) is 2.87. The van der Waals surface area contributed by atoms with E-state index < -0.39 is 17.2 Å². The van der Waals surface area contributed by atoms with Crippen molar-refractivity contribution in [3.8, 4) is 0 Å². The minimum Gasteiger partial charge on any atom is -0.458 e. The number of fused-ring (bicyclic) bond motifs is 1. The molecular weight excluding hydrogens is 326 g/mol. The van der Waals surface area contributed by atoms with Crippen molar-refractivity contribution in [2.24, 2.45) is 0 Å². The normalized spacial score (nSPS) is 16.9. The number of hydrogen-bond acceptors (Lipinski definition) is 6. The summed E-state index contributed by atoms with van der Waals surface area (Å²) >= 11 is 0. The van der Waals surface area contributed by atoms with Crippen molar-refractivity contribution >= 4 is 17.0 Å². The Morgan fingerprint density at radius 1 is 1.56 bits per heavy atom. The first kappa shape index (κ1) is 17.1. The van der Waals surface area contributed by atoms with Crippen molar-refractivity contribution in [3.05, 3.63) is 50.8 Å². The molecule has 25 heavy (non-hydrogen) atoms. The largest absolute Gasteiger partial charge is 0.458 e. The predicted molar refractivity (Wildman–Crippen MR) is 90.8 cm³/mol. The van der Waals surface area contributed by atoms with Gasteiger partial charge in [-0.15, -0.1) is 0 Å². The summed E-state index contributed by atoms with van der Waals surface area (Å²) in [6, 6.07) is 1.41. The third kappa shape index (κ3) is 3.39. The number of aryl methyl sites for hydroxylation is 1. The Morgan fingerprint density at radius 2 is 2.36 bits per heavy atom. The van der Waals surface area contributed by atoms with Gasteiger partial charge < -0.3 is 9.47 Å². The third-order valence-electron chi connectivity index (χ3n) is 4.12. The van der Waals surface area contributed by atoms with Crippen LogP contribution in [0.4, 0.5) is 0 Å². The number of nitrogens with zero attached hydrogens (tertiary/aromatic N) is 2. The van der Waals surface area contributed by atoms with Crippen LogP contribution in [0, 0.1) is 6.92 Å². The second-order valence-corrected chi connectivity index (χ2v) is 5.88. The molecular formula is C17H19N3O5. The first-order chi connectivity index (χ1) is 12.0. The second kappa shape index (κ2) is 7.02. The van der Waals surface area contributed by atoms with Gasteiger partial charge in [0.15, 0.2) is 0 Å². The molecule has 3 rings (SSSR count). The lowest BCUT2D eigenvalue weighted by Crippen LogP contribution is -2.34. The zero-order valence-corrected chi connectivity index (χ0v) is 13.9. The van der Waals surface area contributed by atoms with E-state index in [0.717, 1.165) is 12.8 Å². The summed E-state index contributed by atoms with van der Waals surface area (Å²) < 4.78 is 12.0. The van der Waals surface area contributed by atoms with Gasteiger partial charge in [0.2, 0.25) is 0 Å². The maximum atomic E-state index is 12.2. The average Bonchev–Trinajstić information content (AvgIpc) is 3.09. The van der Waals surface area contributed by atoms with Crippen molar-refractivity contribution in [2.75, 3.05) is 13.2 Å². The fraction of sp³-hybridized carbons (Fsp3) is 0.412. The monoisotopic (exact) mass is 345 g/mol. The Labute approximate surface area is 143 Å². The van der Waals surface area contributed by atoms with E-state index in [0.29, 0.717) is 18.8 Å². The first-order valence-electron chi connectivity index (χ1n) is 8.05. The number of rotatable bonds is 5. The van der Waals surface area contributed by atoms with E-state index >= 15 is 0 Å². The van der Waals surface area contributed by atoms with Gasteiger partial charge in [-0.25, -0.2) is 14.6 Å². The number of H-pyrrole nitrogens is 1. The molecule has 1 saturated heterocycles. The van der Waals surface area contributed by atoms with Gasteiger partial charge in [-0.1, -0.05) is 12.7 Å². The van der Waals surface area contributed by atoms with Crippen molar-refractivity contribution in [1.82, 2.24) is 14.5 Å². The van der Waals surface area contributed by atoms with E-state index in [4.69, 9.17) is 9.47 Å². The van der Waals surface area contributed by atoms with Gasteiger partial charge in [-0.05, 0) is 25.8 Å². The number of hydrogen-bond donors (Lipinski definition) is 1. The van der Waals surface area contributed by atoms with Crippen LogP contribution >= 0.6 is 0 Å². The lowest BCUT2D eigenvalue weighted by atomic mass is 10.1. The standard InChI is InChI=1S/C17H19N3O5/c1-3-6-25-16(22)12-8-13-14(18-10(12)2)20(17(23)19-15(13)21)9-11-5-4-7-24-11/h3,8,11H,1,4-7,9H2,2H3,(H,19,21,23). The van der Waals surface area contributed by atoms with Crippen molar-refractivity contribution in [3.63, 3.8) is 0 Å². The molecule has 0 radical (unpaired) electrons. The molecule has 0 saturated carbocycles. The molecule has 1 atom stereocenters. The number of aromatic nitrogens is 3. The number of carbonyl (C=O) groups is 1. The highest BCUT2D eigenvalue weighted by Crippen LogP contribution is 2.17. The number of esters is 1. The summed E-state index contributed by atoms with van der Waals surface area (Å²) in [5, 5.41) is 0.161. The molecule has 1 unspecified atom stereocenters. The lowest BCUT2D eigenvalue weighted by molar-refractivity contribution is 0.0548. The molecule has 0 amide bonds. The molecule has 3 heterocycles. The van der Waals surface area contributed by atoms with Crippen LogP contribution in [0.2, 0.25) is 0 Å². The van der Waals surface area contributed by atoms with E-state index in [1.54, 1.807) is 6.92 Å². The molecule has 1 N–H and O–H groups in total. The van der Waals surface area contributed by atoms with Crippen LogP contribution in [0.5, 0.6) is 0 Å². The number of carbonyl (C=O) groups excluding carboxylic acids is 1. The number of aromatic amines is 1. The average molecular weight is 345 g/mol. The fourth-order valence-corrected chi connectivity index (χ4v) is 2.87. The van der Waals surface area contributed by atoms with Gasteiger partial charge in [-0.3, -0.25) is 14.3 Å². The Bertz CT molecular complexity index is 938. The minimum absolute atomic E-state index is 0.0607. The molecule has 8 nitrogen and oxygen atoms in total. The molecule has 0 aromatic carbocycles. The Morgan fingerprint density at radius 3 is 3.04 bits per heavy atom. The van der Waals surface area contributed by atoms with E-state index in [1.807, 2.05) is 0 Å². The molecule has 2 aromatic rings. The van der Waals surface area contributed by atoms with Crippen LogP contribution in [0.25, 0.3) is 11.0 Å². The predicted octanol–water partition coefficient (Wildman–Crippen LogP) is 0.915. The van der Waals surface area contributed by atoms with Crippen LogP contribution in [-0.2, 0) is 16.0 Å². The minimum atomic E-state index is -0.594. The lowest BCUT2D eigenvalue weighted by Gasteiger charge is -2.14. The molecule has 132 valence electrons. The number of pyridine rings is 1. The van der Waals surface area contributed by atoms with E-state index in [1.165, 1.54) is 16.7 Å². The number of nitrogens with one attached hydrogen (secondary N) is 1. The second-order valence-electron chi connectivity index (χ2n) is 5.88. The Balaban J connectivity index is 2.10. The summed E-state index contributed by atoms with van der Waals surface area (Å²) in [6.45, 7) is 6.14. The van der Waals surface area contributed by atoms with Crippen molar-refractivity contribution in [2.45, 2.75) is 32.4 Å². The van der Waals surface area contributed by atoms with Gasteiger partial charge in [-0.2, -0.15) is 0 Å². The number of ether oxygens (including phenoxy) is 2. The van der Waals surface area contributed by atoms with Crippen molar-refractivity contribution in [1.29, 1.82) is 0 Å². The van der Waals surface area contributed by atoms with Gasteiger partial charge in [0.05, 0.1) is 29.3 Å². The molecule has 2 aromatic heterocycles. The Hall–Kier alpha value is -2.74. The molecule has 0 aliphatic carbocycles. The molecule has 1 fully saturated rings. The summed E-state index contributed by atoms with van der Waals surface area (Å²) in [6.07, 6.45) is 3.14. The molecule has 1 aliphatic rings. The smallest absolute Gasteiger partial charge is 0.340 e. The first-order valence-corrected chi connectivity index (χ1v) is 8.05. The van der Waals surface area contributed by atoms with Gasteiger partial charge in [0.1, 0.15) is 12.3 Å². The highest BCUT2D eigenvalue weighted by molar-refractivity contribution is 5.94. The molecule has 1 aliphatic heterocycles. The van der Waals surface area contributed by atoms with Crippen LogP contribution in [0.15, 0.2) is 28.3 Å². The topological polar surface area (TPSA) is 103 Å². The Kier molecular flexibility index (Phi) is 4.80. The summed E-state index contributed by atoms with van der Waals surface area (Å²) in [5.41, 5.74) is -0.326. The van der Waals surface area contributed by atoms with Gasteiger partial charge in [0, 0.05) is 6.61 Å². The van der Waals surface area contributed by atoms with Crippen LogP contribution in [-0.4, -0.2) is 39.8 Å². The van der Waals surface area contributed by atoms with Gasteiger partial charge in [0.25, 0.3) is 5.56 Å². The molecule has 0 spiro atoms. The van der Waals surface area contributed by atoms with Gasteiger partial charge >= 0.3 is 11.7 Å². The quantitative estimate of drug-likeness (QED) is 0.638. The summed E-state index contributed by atoms with van der Waals surface area (Å²) in [4.78, 5) is 43.1. The zero-order valence-electron chi connectivity index (χ0n) is 13.9. The maximum absolute atomic E-state index is 12.2. The molecule has 8 heteroatoms. The van der Waals surface area contributed by atoms with Crippen LogP contribution in [0.1, 0.15) is 28.9 Å². The molecule has 0 bridgehead atoms. The zero-order chi connectivity index (χ0) is 18.0. The highest BCUT2D eigenvalue weighted by atomic mass is 16.5. The van der Waals surface area contributed by atoms with E-state index in [2.05, 4.69) is 16.5 Å². The highest BCUT2D eigenvalue weighted by Gasteiger charge is 2.21. The maximum Gasteiger partial charge on any atom is 0.340 e.